The van der Waals surface area contributed by atoms with Gasteiger partial charge in [-0.2, -0.15) is 0 Å². The summed E-state index contributed by atoms with van der Waals surface area (Å²) in [5, 5.41) is 47.2. The Bertz CT molecular complexity index is 1500. The lowest BCUT2D eigenvalue weighted by Crippen LogP contribution is -2.73. The molecule has 0 aromatic heterocycles. The molecule has 216 valence electrons. The zero-order valence-electron chi connectivity index (χ0n) is 22.6. The third-order valence-electron chi connectivity index (χ3n) is 8.44. The molecule has 5 rings (SSSR count). The highest BCUT2D eigenvalue weighted by atomic mass is 16.6. The first-order chi connectivity index (χ1) is 19.3. The van der Waals surface area contributed by atoms with E-state index >= 15 is 0 Å². The molecule has 7 N–H and O–H groups in total. The first kappa shape index (κ1) is 28.3. The van der Waals surface area contributed by atoms with Crippen LogP contribution < -0.4 is 15.8 Å². The SMILES string of the molecule is Cc1ccc(OC(=O)Nc2ccc(O)c3c2C[C@H]2C[C@H]4[C@H](N(C)C)C(O)C(C(N)=O)C(=O)[C@@]4(O)C(=O)C2=C3O)cc1. The molecule has 0 aliphatic heterocycles. The van der Waals surface area contributed by atoms with E-state index in [1.807, 2.05) is 6.92 Å². The number of amides is 2. The number of ketones is 2. The van der Waals surface area contributed by atoms with Gasteiger partial charge in [-0.25, -0.2) is 4.79 Å². The highest BCUT2D eigenvalue weighted by Crippen LogP contribution is 2.53. The number of ether oxygens (including phenoxy) is 1. The van der Waals surface area contributed by atoms with E-state index in [0.29, 0.717) is 11.3 Å². The Kier molecular flexibility index (Phi) is 6.88. The van der Waals surface area contributed by atoms with Crippen LogP contribution in [0.15, 0.2) is 42.0 Å². The van der Waals surface area contributed by atoms with Crippen LogP contribution >= 0.6 is 0 Å². The second-order valence-corrected chi connectivity index (χ2v) is 11.1. The van der Waals surface area contributed by atoms with Gasteiger partial charge in [0.2, 0.25) is 11.7 Å². The van der Waals surface area contributed by atoms with Crippen LogP contribution in [0.5, 0.6) is 11.5 Å². The van der Waals surface area contributed by atoms with Crippen molar-refractivity contribution in [3.05, 3.63) is 58.7 Å². The fourth-order valence-electron chi connectivity index (χ4n) is 6.57. The lowest BCUT2D eigenvalue weighted by Gasteiger charge is -2.53. The van der Waals surface area contributed by atoms with E-state index in [4.69, 9.17) is 10.5 Å². The van der Waals surface area contributed by atoms with Crippen LogP contribution in [0.4, 0.5) is 10.5 Å². The number of anilines is 1. The summed E-state index contributed by atoms with van der Waals surface area (Å²) in [5.74, 6) is -8.03. The molecule has 2 saturated carbocycles. The number of aliphatic hydroxyl groups is 3. The zero-order chi connectivity index (χ0) is 30.0. The van der Waals surface area contributed by atoms with E-state index in [2.05, 4.69) is 5.32 Å². The predicted octanol–water partition coefficient (Wildman–Crippen LogP) is 1.05. The Balaban J connectivity index is 1.56. The number of benzene rings is 2. The molecule has 2 amide bonds. The second-order valence-electron chi connectivity index (χ2n) is 11.1. The molecule has 12 nitrogen and oxygen atoms in total. The molecular formula is C29H31N3O9. The maximum atomic E-state index is 13.9. The van der Waals surface area contributed by atoms with Crippen molar-refractivity contribution >= 4 is 35.0 Å². The number of fused-ring (bicyclic) bond motifs is 3. The summed E-state index contributed by atoms with van der Waals surface area (Å²) in [6, 6.07) is 8.44. The molecular weight excluding hydrogens is 534 g/mol. The number of nitrogens with one attached hydrogen (secondary N) is 1. The smallest absolute Gasteiger partial charge is 0.417 e. The van der Waals surface area contributed by atoms with E-state index in [-0.39, 0.29) is 29.7 Å². The van der Waals surface area contributed by atoms with E-state index in [1.165, 1.54) is 17.0 Å². The standard InChI is InChI=1S/C29H31N3O9/c1-12-4-6-14(7-5-12)41-28(39)31-17-8-9-18(33)20-15(17)10-13-11-16-22(32(2)3)24(35)21(27(30)38)26(37)29(16,40)25(36)19(13)23(20)34/h4-9,13,16,21-22,24,33-35,40H,10-11H2,1-3H3,(H2,30,38)(H,31,39)/t13-,16-,21?,22-,24?,29-/m0/s1. The van der Waals surface area contributed by atoms with Gasteiger partial charge in [-0.1, -0.05) is 17.7 Å². The lowest BCUT2D eigenvalue weighted by atomic mass is 9.54. The number of hydrogen-bond acceptors (Lipinski definition) is 10. The van der Waals surface area contributed by atoms with Crippen LogP contribution in [-0.2, 0) is 20.8 Å². The Morgan fingerprint density at radius 1 is 1.10 bits per heavy atom. The minimum atomic E-state index is -2.74. The van der Waals surface area contributed by atoms with Crippen molar-refractivity contribution in [2.24, 2.45) is 23.5 Å². The van der Waals surface area contributed by atoms with Crippen LogP contribution in [0, 0.1) is 24.7 Å². The molecule has 2 fully saturated rings. The molecule has 0 radical (unpaired) electrons. The molecule has 3 aliphatic carbocycles. The fourth-order valence-corrected chi connectivity index (χ4v) is 6.57. The van der Waals surface area contributed by atoms with Crippen LogP contribution in [-0.4, -0.2) is 80.7 Å². The number of aromatic hydroxyl groups is 1. The molecule has 3 aliphatic rings. The number of aliphatic hydroxyl groups excluding tert-OH is 2. The van der Waals surface area contributed by atoms with Gasteiger partial charge in [0.1, 0.15) is 23.2 Å². The van der Waals surface area contributed by atoms with Gasteiger partial charge >= 0.3 is 6.09 Å². The molecule has 2 aromatic carbocycles. The summed E-state index contributed by atoms with van der Waals surface area (Å²) >= 11 is 0. The summed E-state index contributed by atoms with van der Waals surface area (Å²) in [6.07, 6.45) is -2.41. The van der Waals surface area contributed by atoms with E-state index in [0.717, 1.165) is 5.56 Å². The first-order valence-electron chi connectivity index (χ1n) is 13.1. The third-order valence-corrected chi connectivity index (χ3v) is 8.44. The summed E-state index contributed by atoms with van der Waals surface area (Å²) in [6.45, 7) is 1.89. The Morgan fingerprint density at radius 2 is 1.76 bits per heavy atom. The van der Waals surface area contributed by atoms with Crippen LogP contribution in [0.2, 0.25) is 0 Å². The number of aryl methyl sites for hydroxylation is 1. The van der Waals surface area contributed by atoms with Crippen molar-refractivity contribution in [2.75, 3.05) is 19.4 Å². The van der Waals surface area contributed by atoms with Gasteiger partial charge in [-0.05, 0) is 69.6 Å². The number of primary amides is 1. The van der Waals surface area contributed by atoms with Crippen LogP contribution in [0.1, 0.15) is 23.1 Å². The molecule has 2 unspecified atom stereocenters. The zero-order valence-corrected chi connectivity index (χ0v) is 22.6. The molecule has 41 heavy (non-hydrogen) atoms. The maximum Gasteiger partial charge on any atom is 0.417 e. The quantitative estimate of drug-likeness (QED) is 0.230. The van der Waals surface area contributed by atoms with Gasteiger partial charge in [0.05, 0.1) is 11.7 Å². The van der Waals surface area contributed by atoms with Gasteiger partial charge in [-0.3, -0.25) is 19.7 Å². The molecule has 12 heteroatoms. The van der Waals surface area contributed by atoms with Crippen molar-refractivity contribution in [3.63, 3.8) is 0 Å². The van der Waals surface area contributed by atoms with Gasteiger partial charge in [0.25, 0.3) is 0 Å². The monoisotopic (exact) mass is 565 g/mol. The summed E-state index contributed by atoms with van der Waals surface area (Å²) in [7, 11) is 3.15. The number of carbonyl (C=O) groups excluding carboxylic acids is 4. The van der Waals surface area contributed by atoms with E-state index < -0.39 is 70.6 Å². The topological polar surface area (TPSA) is 200 Å². The molecule has 0 bridgehead atoms. The predicted molar refractivity (Wildman–Crippen MR) is 145 cm³/mol. The van der Waals surface area contributed by atoms with Crippen molar-refractivity contribution < 1.29 is 44.3 Å². The number of likely N-dealkylation sites (N-methyl/N-ethyl adjacent to an activating group) is 1. The van der Waals surface area contributed by atoms with Crippen molar-refractivity contribution in [3.8, 4) is 11.5 Å². The number of Topliss-reactive ketones (excluding diaryl/α,β-unsaturated/α-hetero) is 2. The van der Waals surface area contributed by atoms with Crippen molar-refractivity contribution in [1.29, 1.82) is 0 Å². The average Bonchev–Trinajstić information content (AvgIpc) is 2.89. The van der Waals surface area contributed by atoms with Crippen molar-refractivity contribution in [1.82, 2.24) is 4.90 Å². The summed E-state index contributed by atoms with van der Waals surface area (Å²) in [5.41, 5.74) is 3.73. The normalized spacial score (nSPS) is 29.0. The molecule has 2 aromatic rings. The molecule has 0 saturated heterocycles. The molecule has 0 heterocycles. The van der Waals surface area contributed by atoms with Gasteiger partial charge in [0.15, 0.2) is 11.4 Å². The fraction of sp³-hybridized carbons (Fsp3) is 0.379. The first-order valence-corrected chi connectivity index (χ1v) is 13.1. The average molecular weight is 566 g/mol. The lowest BCUT2D eigenvalue weighted by molar-refractivity contribution is -0.184. The number of carbonyl (C=O) groups is 4. The summed E-state index contributed by atoms with van der Waals surface area (Å²) < 4.78 is 5.34. The highest BCUT2D eigenvalue weighted by Gasteiger charge is 2.67. The minimum absolute atomic E-state index is 0.0330. The Labute approximate surface area is 235 Å². The van der Waals surface area contributed by atoms with Crippen LogP contribution in [0.3, 0.4) is 0 Å². The molecule has 0 spiro atoms. The highest BCUT2D eigenvalue weighted by molar-refractivity contribution is 6.25. The van der Waals surface area contributed by atoms with Crippen LogP contribution in [0.25, 0.3) is 5.76 Å². The third kappa shape index (κ3) is 4.35. The number of nitrogens with two attached hydrogens (primary N) is 1. The van der Waals surface area contributed by atoms with Gasteiger partial charge in [-0.15, -0.1) is 0 Å². The number of phenols is 1. The van der Waals surface area contributed by atoms with E-state index in [1.54, 1.807) is 38.4 Å². The minimum Gasteiger partial charge on any atom is -0.507 e. The second kappa shape index (κ2) is 9.98. The summed E-state index contributed by atoms with van der Waals surface area (Å²) in [4.78, 5) is 53.6. The largest absolute Gasteiger partial charge is 0.507 e. The molecule has 6 atom stereocenters. The number of rotatable bonds is 4. The van der Waals surface area contributed by atoms with Crippen molar-refractivity contribution in [2.45, 2.75) is 37.5 Å². The number of phenolic OH excluding ortho intramolecular Hbond substituents is 1. The number of hydrogen-bond donors (Lipinski definition) is 6. The Hall–Kier alpha value is -4.26. The Morgan fingerprint density at radius 3 is 2.37 bits per heavy atom. The van der Waals surface area contributed by atoms with Gasteiger partial charge < -0.3 is 35.8 Å². The van der Waals surface area contributed by atoms with E-state index in [9.17, 15) is 39.6 Å². The maximum absolute atomic E-state index is 13.9. The number of nitrogens with zero attached hydrogens (tertiary/aromatic N) is 1. The van der Waals surface area contributed by atoms with Gasteiger partial charge in [0, 0.05) is 23.2 Å².